The number of nitrogens with zero attached hydrogens (tertiary/aromatic N) is 1. The molecular weight excluding hydrogens is 434 g/mol. The van der Waals surface area contributed by atoms with E-state index in [0.717, 1.165) is 37.6 Å². The van der Waals surface area contributed by atoms with Gasteiger partial charge >= 0.3 is 0 Å². The largest absolute Gasteiger partial charge is 0.361 e. The minimum atomic E-state index is 0.0654. The average molecular weight is 474 g/mol. The van der Waals surface area contributed by atoms with Crippen molar-refractivity contribution in [3.05, 3.63) is 47.3 Å². The molecule has 1 unspecified atom stereocenters. The summed E-state index contributed by atoms with van der Waals surface area (Å²) in [7, 11) is 1.98. The van der Waals surface area contributed by atoms with Gasteiger partial charge < -0.3 is 15.2 Å². The molecule has 35 heavy (non-hydrogen) atoms. The summed E-state index contributed by atoms with van der Waals surface area (Å²) < 4.78 is 0. The van der Waals surface area contributed by atoms with Gasteiger partial charge in [-0.2, -0.15) is 0 Å². The van der Waals surface area contributed by atoms with Gasteiger partial charge in [0.05, 0.1) is 0 Å². The fraction of sp³-hybridized carbons (Fsp3) is 0.600. The molecule has 5 heteroatoms. The number of likely N-dealkylation sites (tertiary alicyclic amines) is 1. The molecule has 0 bridgehead atoms. The number of hydrogen-bond donors (Lipinski definition) is 2. The molecular formula is C30H39N3O2. The van der Waals surface area contributed by atoms with Crippen molar-refractivity contribution in [2.75, 3.05) is 7.05 Å². The summed E-state index contributed by atoms with van der Waals surface area (Å²) >= 11 is 0. The summed E-state index contributed by atoms with van der Waals surface area (Å²) in [6.07, 6.45) is 9.10. The molecule has 6 rings (SSSR count). The Morgan fingerprint density at radius 3 is 2.80 bits per heavy atom. The van der Waals surface area contributed by atoms with Crippen LogP contribution in [0.4, 0.5) is 0 Å². The molecule has 4 aliphatic rings. The van der Waals surface area contributed by atoms with Crippen LogP contribution in [0.5, 0.6) is 0 Å². The number of nitrogens with one attached hydrogen (secondary N) is 2. The van der Waals surface area contributed by atoms with E-state index in [-0.39, 0.29) is 28.6 Å². The minimum Gasteiger partial charge on any atom is -0.361 e. The average Bonchev–Trinajstić information content (AvgIpc) is 3.45. The van der Waals surface area contributed by atoms with E-state index < -0.39 is 0 Å². The van der Waals surface area contributed by atoms with Gasteiger partial charge in [0.15, 0.2) is 0 Å². The molecule has 1 aliphatic heterocycles. The minimum absolute atomic E-state index is 0.0654. The lowest BCUT2D eigenvalue weighted by Gasteiger charge is -2.59. The Bertz CT molecular complexity index is 1230. The summed E-state index contributed by atoms with van der Waals surface area (Å²) in [6, 6.07) is 8.34. The van der Waals surface area contributed by atoms with E-state index in [9.17, 15) is 9.59 Å². The summed E-state index contributed by atoms with van der Waals surface area (Å²) in [5, 5.41) is 4.51. The lowest BCUT2D eigenvalue weighted by Crippen LogP contribution is -2.55. The number of piperidine rings is 1. The molecule has 3 fully saturated rings. The second-order valence-corrected chi connectivity index (χ2v) is 12.3. The van der Waals surface area contributed by atoms with Gasteiger partial charge in [-0.1, -0.05) is 31.6 Å². The van der Waals surface area contributed by atoms with Crippen LogP contribution in [0.2, 0.25) is 0 Å². The van der Waals surface area contributed by atoms with E-state index in [1.165, 1.54) is 28.6 Å². The first-order valence-electron chi connectivity index (χ1n) is 13.5. The van der Waals surface area contributed by atoms with Gasteiger partial charge in [-0.05, 0) is 86.3 Å². The normalized spacial score (nSPS) is 36.7. The van der Waals surface area contributed by atoms with E-state index >= 15 is 0 Å². The summed E-state index contributed by atoms with van der Waals surface area (Å²) in [5.74, 6) is 2.41. The molecule has 2 N–H and O–H groups in total. The maximum absolute atomic E-state index is 13.6. The number of fused-ring (bicyclic) bond motifs is 6. The zero-order valence-electron chi connectivity index (χ0n) is 21.6. The number of amides is 2. The molecule has 2 heterocycles. The number of H-pyrrole nitrogens is 1. The number of carbonyl (C=O) groups is 2. The predicted molar refractivity (Wildman–Crippen MR) is 138 cm³/mol. The van der Waals surface area contributed by atoms with Crippen LogP contribution >= 0.6 is 0 Å². The van der Waals surface area contributed by atoms with Crippen molar-refractivity contribution in [2.24, 2.45) is 34.5 Å². The summed E-state index contributed by atoms with van der Waals surface area (Å²) in [5.41, 5.74) is 5.16. The van der Waals surface area contributed by atoms with Crippen molar-refractivity contribution < 1.29 is 9.59 Å². The number of benzene rings is 1. The third kappa shape index (κ3) is 3.26. The van der Waals surface area contributed by atoms with E-state index in [2.05, 4.69) is 55.3 Å². The fourth-order valence-corrected chi connectivity index (χ4v) is 9.15. The molecule has 6 atom stereocenters. The Balaban J connectivity index is 1.22. The van der Waals surface area contributed by atoms with E-state index in [1.54, 1.807) is 0 Å². The first-order valence-corrected chi connectivity index (χ1v) is 13.5. The number of aromatic amines is 1. The maximum atomic E-state index is 13.6. The lowest BCUT2D eigenvalue weighted by atomic mass is 9.48. The van der Waals surface area contributed by atoms with Crippen LogP contribution in [0.15, 0.2) is 41.7 Å². The van der Waals surface area contributed by atoms with Crippen LogP contribution in [0.1, 0.15) is 71.3 Å². The highest BCUT2D eigenvalue weighted by molar-refractivity contribution is 5.84. The monoisotopic (exact) mass is 473 g/mol. The number of rotatable bonds is 3. The molecule has 1 saturated heterocycles. The Morgan fingerprint density at radius 1 is 1.14 bits per heavy atom. The third-order valence-corrected chi connectivity index (χ3v) is 10.8. The Morgan fingerprint density at radius 2 is 1.97 bits per heavy atom. The first kappa shape index (κ1) is 22.9. The van der Waals surface area contributed by atoms with Gasteiger partial charge in [-0.25, -0.2) is 0 Å². The molecule has 3 aliphatic carbocycles. The van der Waals surface area contributed by atoms with Gasteiger partial charge in [0.2, 0.25) is 11.8 Å². The molecule has 2 aromatic rings. The topological polar surface area (TPSA) is 65.2 Å². The second-order valence-electron chi connectivity index (χ2n) is 12.3. The Hall–Kier alpha value is -2.56. The van der Waals surface area contributed by atoms with Crippen molar-refractivity contribution >= 4 is 22.7 Å². The number of aromatic nitrogens is 1. The molecule has 0 spiro atoms. The highest BCUT2D eigenvalue weighted by Crippen LogP contribution is 2.66. The molecule has 1 aromatic heterocycles. The molecule has 0 radical (unpaired) electrons. The SMILES string of the molecule is CC1=C2N(C)C(=O)CC[C@]2(C)[C@@H]2CC[C@]3(C)C(C(=O)NCc4cccc5[nH]ccc45)CC[C@H]3[C@@H]2C1. The lowest BCUT2D eigenvalue weighted by molar-refractivity contribution is -0.138. The van der Waals surface area contributed by atoms with Gasteiger partial charge in [0.25, 0.3) is 0 Å². The van der Waals surface area contributed by atoms with Crippen LogP contribution in [0.25, 0.3) is 10.9 Å². The second kappa shape index (κ2) is 7.97. The molecule has 5 nitrogen and oxygen atoms in total. The van der Waals surface area contributed by atoms with Crippen LogP contribution in [-0.4, -0.2) is 28.7 Å². The molecule has 186 valence electrons. The Labute approximate surface area is 208 Å². The standard InChI is InChI=1S/C30H39N3O2/c1-18-16-21-22-8-9-24(28(35)32-17-19-6-5-7-25-20(19)12-15-31-25)29(22,2)13-10-23(21)30(3)14-11-26(34)33(4)27(18)30/h5-7,12,15,21-24,31H,8-11,13-14,16-17H2,1-4H3,(H,32,35)/t21-,22-,23+,24?,29-,30+/m0/s1. The van der Waals surface area contributed by atoms with E-state index in [0.29, 0.717) is 30.7 Å². The number of carbonyl (C=O) groups excluding carboxylic acids is 2. The fourth-order valence-electron chi connectivity index (χ4n) is 9.15. The van der Waals surface area contributed by atoms with Crippen LogP contribution < -0.4 is 5.32 Å². The maximum Gasteiger partial charge on any atom is 0.226 e. The van der Waals surface area contributed by atoms with Gasteiger partial charge in [0, 0.05) is 54.1 Å². The van der Waals surface area contributed by atoms with Crippen LogP contribution in [-0.2, 0) is 16.1 Å². The zero-order chi connectivity index (χ0) is 24.5. The van der Waals surface area contributed by atoms with Gasteiger partial charge in [-0.3, -0.25) is 9.59 Å². The molecule has 1 aromatic carbocycles. The van der Waals surface area contributed by atoms with E-state index in [1.807, 2.05) is 18.1 Å². The van der Waals surface area contributed by atoms with Crippen LogP contribution in [0.3, 0.4) is 0 Å². The summed E-state index contributed by atoms with van der Waals surface area (Å²) in [6.45, 7) is 7.67. The molecule has 2 saturated carbocycles. The summed E-state index contributed by atoms with van der Waals surface area (Å²) in [4.78, 5) is 31.3. The third-order valence-electron chi connectivity index (χ3n) is 10.8. The smallest absolute Gasteiger partial charge is 0.226 e. The number of allylic oxidation sites excluding steroid dienone is 2. The van der Waals surface area contributed by atoms with Gasteiger partial charge in [-0.15, -0.1) is 0 Å². The number of hydrogen-bond acceptors (Lipinski definition) is 2. The van der Waals surface area contributed by atoms with Crippen molar-refractivity contribution in [3.63, 3.8) is 0 Å². The van der Waals surface area contributed by atoms with E-state index in [4.69, 9.17) is 0 Å². The van der Waals surface area contributed by atoms with Crippen molar-refractivity contribution in [2.45, 2.75) is 72.3 Å². The Kier molecular flexibility index (Phi) is 5.21. The van der Waals surface area contributed by atoms with Crippen molar-refractivity contribution in [1.82, 2.24) is 15.2 Å². The quantitative estimate of drug-likeness (QED) is 0.594. The highest BCUT2D eigenvalue weighted by Gasteiger charge is 2.61. The van der Waals surface area contributed by atoms with Crippen molar-refractivity contribution in [1.29, 1.82) is 0 Å². The predicted octanol–water partition coefficient (Wildman–Crippen LogP) is 5.78. The van der Waals surface area contributed by atoms with Crippen LogP contribution in [0, 0.1) is 34.5 Å². The highest BCUT2D eigenvalue weighted by atomic mass is 16.2. The first-order chi connectivity index (χ1) is 16.7. The zero-order valence-corrected chi connectivity index (χ0v) is 21.6. The van der Waals surface area contributed by atoms with Crippen molar-refractivity contribution in [3.8, 4) is 0 Å². The van der Waals surface area contributed by atoms with Gasteiger partial charge in [0.1, 0.15) is 0 Å². The molecule has 2 amide bonds.